The molecule has 7 nitrogen and oxygen atoms in total. The monoisotopic (exact) mass is 422 g/mol. The highest BCUT2D eigenvalue weighted by Gasteiger charge is 2.19. The maximum absolute atomic E-state index is 12.6. The predicted molar refractivity (Wildman–Crippen MR) is 115 cm³/mol. The SMILES string of the molecule is Cc1ccc(N(CCC#N)C(=O)COC(=O)c2ccc(OC[C@@H]3CCCO3)cc2)cc1. The Balaban J connectivity index is 1.53. The second-order valence-corrected chi connectivity index (χ2v) is 7.34. The summed E-state index contributed by atoms with van der Waals surface area (Å²) in [5.74, 6) is -0.336. The second-order valence-electron chi connectivity index (χ2n) is 7.34. The molecule has 1 atom stereocenters. The summed E-state index contributed by atoms with van der Waals surface area (Å²) in [6.45, 7) is 3.03. The van der Waals surface area contributed by atoms with Gasteiger partial charge in [0.1, 0.15) is 12.4 Å². The number of hydrogen-bond donors (Lipinski definition) is 0. The van der Waals surface area contributed by atoms with E-state index in [4.69, 9.17) is 19.5 Å². The van der Waals surface area contributed by atoms with Gasteiger partial charge in [-0.3, -0.25) is 4.79 Å². The molecule has 1 aliphatic heterocycles. The van der Waals surface area contributed by atoms with Gasteiger partial charge in [0, 0.05) is 18.8 Å². The third kappa shape index (κ3) is 6.56. The smallest absolute Gasteiger partial charge is 0.338 e. The first-order valence-electron chi connectivity index (χ1n) is 10.3. The fraction of sp³-hybridized carbons (Fsp3) is 0.375. The minimum absolute atomic E-state index is 0.119. The molecule has 0 aromatic heterocycles. The molecule has 31 heavy (non-hydrogen) atoms. The van der Waals surface area contributed by atoms with Gasteiger partial charge in [-0.25, -0.2) is 4.79 Å². The van der Waals surface area contributed by atoms with Crippen LogP contribution >= 0.6 is 0 Å². The van der Waals surface area contributed by atoms with Gasteiger partial charge in [0.15, 0.2) is 6.61 Å². The molecule has 0 radical (unpaired) electrons. The fourth-order valence-electron chi connectivity index (χ4n) is 3.23. The number of anilines is 1. The third-order valence-electron chi connectivity index (χ3n) is 4.97. The van der Waals surface area contributed by atoms with Crippen molar-refractivity contribution in [2.75, 3.05) is 31.3 Å². The quantitative estimate of drug-likeness (QED) is 0.573. The van der Waals surface area contributed by atoms with Crippen LogP contribution in [-0.4, -0.2) is 44.3 Å². The van der Waals surface area contributed by atoms with Crippen molar-refractivity contribution in [3.05, 3.63) is 59.7 Å². The number of carbonyl (C=O) groups excluding carboxylic acids is 2. The second kappa shape index (κ2) is 11.1. The number of nitriles is 1. The molecular formula is C24H26N2O5. The van der Waals surface area contributed by atoms with Crippen molar-refractivity contribution in [3.8, 4) is 11.8 Å². The number of esters is 1. The molecule has 2 aromatic carbocycles. The molecule has 162 valence electrons. The van der Waals surface area contributed by atoms with E-state index < -0.39 is 12.6 Å². The van der Waals surface area contributed by atoms with Crippen LogP contribution in [-0.2, 0) is 14.3 Å². The molecule has 1 fully saturated rings. The van der Waals surface area contributed by atoms with E-state index in [0.29, 0.717) is 23.6 Å². The molecule has 3 rings (SSSR count). The number of ether oxygens (including phenoxy) is 3. The lowest BCUT2D eigenvalue weighted by atomic mass is 10.2. The number of benzene rings is 2. The Bertz CT molecular complexity index is 912. The van der Waals surface area contributed by atoms with Crippen LogP contribution in [0.3, 0.4) is 0 Å². The minimum atomic E-state index is -0.594. The Morgan fingerprint density at radius 3 is 2.55 bits per heavy atom. The Morgan fingerprint density at radius 2 is 1.90 bits per heavy atom. The average molecular weight is 422 g/mol. The van der Waals surface area contributed by atoms with Gasteiger partial charge in [-0.1, -0.05) is 17.7 Å². The van der Waals surface area contributed by atoms with Crippen molar-refractivity contribution in [1.29, 1.82) is 5.26 Å². The molecule has 2 aromatic rings. The summed E-state index contributed by atoms with van der Waals surface area (Å²) in [5, 5.41) is 8.89. The van der Waals surface area contributed by atoms with Crippen molar-refractivity contribution < 1.29 is 23.8 Å². The summed E-state index contributed by atoms with van der Waals surface area (Å²) in [7, 11) is 0. The lowest BCUT2D eigenvalue weighted by Gasteiger charge is -2.21. The van der Waals surface area contributed by atoms with Crippen LogP contribution in [0.4, 0.5) is 5.69 Å². The highest BCUT2D eigenvalue weighted by atomic mass is 16.5. The summed E-state index contributed by atoms with van der Waals surface area (Å²) < 4.78 is 16.4. The highest BCUT2D eigenvalue weighted by molar-refractivity contribution is 5.97. The van der Waals surface area contributed by atoms with E-state index >= 15 is 0 Å². The van der Waals surface area contributed by atoms with Gasteiger partial charge in [0.2, 0.25) is 0 Å². The van der Waals surface area contributed by atoms with Crippen molar-refractivity contribution in [3.63, 3.8) is 0 Å². The Kier molecular flexibility index (Phi) is 8.02. The molecule has 0 unspecified atom stereocenters. The molecular weight excluding hydrogens is 396 g/mol. The normalized spacial score (nSPS) is 15.2. The van der Waals surface area contributed by atoms with Crippen molar-refractivity contribution >= 4 is 17.6 Å². The number of nitrogens with zero attached hydrogens (tertiary/aromatic N) is 2. The maximum atomic E-state index is 12.6. The van der Waals surface area contributed by atoms with Gasteiger partial charge in [0.05, 0.1) is 24.2 Å². The summed E-state index contributed by atoms with van der Waals surface area (Å²) in [6.07, 6.45) is 2.34. The van der Waals surface area contributed by atoms with Gasteiger partial charge in [-0.2, -0.15) is 5.26 Å². The largest absolute Gasteiger partial charge is 0.491 e. The molecule has 0 aliphatic carbocycles. The summed E-state index contributed by atoms with van der Waals surface area (Å²) >= 11 is 0. The zero-order chi connectivity index (χ0) is 22.1. The van der Waals surface area contributed by atoms with E-state index in [-0.39, 0.29) is 25.0 Å². The first-order valence-corrected chi connectivity index (χ1v) is 10.3. The van der Waals surface area contributed by atoms with E-state index in [1.807, 2.05) is 37.3 Å². The number of rotatable bonds is 9. The molecule has 0 bridgehead atoms. The standard InChI is InChI=1S/C24H26N2O5/c1-18-5-9-20(10-6-18)26(14-3-13-25)23(27)17-31-24(28)19-7-11-21(12-8-19)30-16-22-4-2-15-29-22/h5-12,22H,2-4,14-17H2,1H3/t22-/m0/s1. The summed E-state index contributed by atoms with van der Waals surface area (Å²) in [6, 6.07) is 16.0. The van der Waals surface area contributed by atoms with Crippen molar-refractivity contribution in [2.45, 2.75) is 32.3 Å². The molecule has 1 aliphatic rings. The zero-order valence-corrected chi connectivity index (χ0v) is 17.6. The van der Waals surface area contributed by atoms with Crippen LogP contribution in [0.15, 0.2) is 48.5 Å². The van der Waals surface area contributed by atoms with Crippen LogP contribution in [0.2, 0.25) is 0 Å². The van der Waals surface area contributed by atoms with Gasteiger partial charge < -0.3 is 19.1 Å². The molecule has 7 heteroatoms. The van der Waals surface area contributed by atoms with Crippen molar-refractivity contribution in [2.24, 2.45) is 0 Å². The lowest BCUT2D eigenvalue weighted by molar-refractivity contribution is -0.121. The van der Waals surface area contributed by atoms with Gasteiger partial charge in [-0.05, 0) is 56.2 Å². The average Bonchev–Trinajstić information content (AvgIpc) is 3.31. The molecule has 0 saturated carbocycles. The Morgan fingerprint density at radius 1 is 1.16 bits per heavy atom. The van der Waals surface area contributed by atoms with Crippen LogP contribution < -0.4 is 9.64 Å². The molecule has 1 saturated heterocycles. The molecule has 1 heterocycles. The summed E-state index contributed by atoms with van der Waals surface area (Å²) in [4.78, 5) is 26.4. The Labute approximate surface area is 182 Å². The third-order valence-corrected chi connectivity index (χ3v) is 4.97. The van der Waals surface area contributed by atoms with Crippen LogP contribution in [0.25, 0.3) is 0 Å². The predicted octanol–water partition coefficient (Wildman–Crippen LogP) is 3.66. The number of aryl methyl sites for hydroxylation is 1. The van der Waals surface area contributed by atoms with Gasteiger partial charge >= 0.3 is 5.97 Å². The molecule has 0 N–H and O–H groups in total. The number of amides is 1. The fourth-order valence-corrected chi connectivity index (χ4v) is 3.23. The van der Waals surface area contributed by atoms with E-state index in [0.717, 1.165) is 25.0 Å². The van der Waals surface area contributed by atoms with Crippen LogP contribution in [0, 0.1) is 18.3 Å². The van der Waals surface area contributed by atoms with Crippen molar-refractivity contribution in [1.82, 2.24) is 0 Å². The van der Waals surface area contributed by atoms with Gasteiger partial charge in [0.25, 0.3) is 5.91 Å². The maximum Gasteiger partial charge on any atom is 0.338 e. The van der Waals surface area contributed by atoms with Crippen LogP contribution in [0.1, 0.15) is 35.2 Å². The first-order chi connectivity index (χ1) is 15.1. The van der Waals surface area contributed by atoms with E-state index in [1.54, 1.807) is 24.3 Å². The van der Waals surface area contributed by atoms with E-state index in [1.165, 1.54) is 4.90 Å². The number of carbonyl (C=O) groups is 2. The first kappa shape index (κ1) is 22.3. The van der Waals surface area contributed by atoms with Gasteiger partial charge in [-0.15, -0.1) is 0 Å². The lowest BCUT2D eigenvalue weighted by Crippen LogP contribution is -2.35. The highest BCUT2D eigenvalue weighted by Crippen LogP contribution is 2.18. The minimum Gasteiger partial charge on any atom is -0.491 e. The Hall–Kier alpha value is -3.37. The molecule has 0 spiro atoms. The van der Waals surface area contributed by atoms with E-state index in [9.17, 15) is 9.59 Å². The van der Waals surface area contributed by atoms with E-state index in [2.05, 4.69) is 0 Å². The summed E-state index contributed by atoms with van der Waals surface area (Å²) in [5.41, 5.74) is 2.05. The number of hydrogen-bond acceptors (Lipinski definition) is 6. The topological polar surface area (TPSA) is 88.9 Å². The molecule has 1 amide bonds. The zero-order valence-electron chi connectivity index (χ0n) is 17.6. The van der Waals surface area contributed by atoms with Crippen LogP contribution in [0.5, 0.6) is 5.75 Å².